The van der Waals surface area contributed by atoms with Gasteiger partial charge >= 0.3 is 0 Å². The van der Waals surface area contributed by atoms with Crippen LogP contribution in [0.15, 0.2) is 36.4 Å². The fraction of sp³-hybridized carbons (Fsp3) is 0.412. The molecule has 0 radical (unpaired) electrons. The zero-order valence-electron chi connectivity index (χ0n) is 13.2. The number of nitrogens with one attached hydrogen (secondary N) is 1. The summed E-state index contributed by atoms with van der Waals surface area (Å²) in [4.78, 5) is 9.08. The van der Waals surface area contributed by atoms with Gasteiger partial charge in [-0.3, -0.25) is 0 Å². The number of benzene rings is 1. The van der Waals surface area contributed by atoms with Crippen LogP contribution in [0.3, 0.4) is 0 Å². The van der Waals surface area contributed by atoms with Gasteiger partial charge in [0, 0.05) is 18.0 Å². The van der Waals surface area contributed by atoms with Gasteiger partial charge in [0.2, 0.25) is 5.88 Å². The molecule has 2 rings (SSSR count). The molecule has 1 N–H and O–H groups in total. The zero-order valence-corrected chi connectivity index (χ0v) is 13.2. The minimum atomic E-state index is -0.115. The predicted molar refractivity (Wildman–Crippen MR) is 85.7 cm³/mol. The molecule has 1 heterocycles. The molecule has 0 saturated heterocycles. The molecule has 4 heteroatoms. The van der Waals surface area contributed by atoms with Gasteiger partial charge < -0.3 is 10.1 Å². The van der Waals surface area contributed by atoms with E-state index in [-0.39, 0.29) is 5.41 Å². The predicted octanol–water partition coefficient (Wildman–Crippen LogP) is 3.78. The average molecular weight is 285 g/mol. The van der Waals surface area contributed by atoms with Crippen molar-refractivity contribution in [2.75, 3.05) is 11.9 Å². The highest BCUT2D eigenvalue weighted by atomic mass is 16.5. The highest BCUT2D eigenvalue weighted by Gasteiger charge is 2.19. The fourth-order valence-electron chi connectivity index (χ4n) is 1.86. The van der Waals surface area contributed by atoms with Crippen LogP contribution in [0, 0.1) is 0 Å². The maximum Gasteiger partial charge on any atom is 0.218 e. The second kappa shape index (κ2) is 6.57. The summed E-state index contributed by atoms with van der Waals surface area (Å²) in [7, 11) is 0. The summed E-state index contributed by atoms with van der Waals surface area (Å²) >= 11 is 0. The zero-order chi connectivity index (χ0) is 15.3. The normalized spacial score (nSPS) is 11.2. The van der Waals surface area contributed by atoms with Gasteiger partial charge in [-0.1, -0.05) is 51.1 Å². The van der Waals surface area contributed by atoms with E-state index in [1.165, 1.54) is 5.56 Å². The highest BCUT2D eigenvalue weighted by Crippen LogP contribution is 2.23. The lowest BCUT2D eigenvalue weighted by molar-refractivity contribution is 0.322. The third-order valence-corrected chi connectivity index (χ3v) is 2.98. The van der Waals surface area contributed by atoms with Crippen molar-refractivity contribution < 1.29 is 4.74 Å². The Bertz CT molecular complexity index is 576. The molecule has 2 aromatic rings. The van der Waals surface area contributed by atoms with Crippen LogP contribution in [0.4, 0.5) is 5.82 Å². The molecule has 0 aliphatic heterocycles. The number of hydrogen-bond acceptors (Lipinski definition) is 4. The number of aromatic nitrogens is 2. The van der Waals surface area contributed by atoms with E-state index in [4.69, 9.17) is 4.74 Å². The molecule has 1 aromatic heterocycles. The van der Waals surface area contributed by atoms with Gasteiger partial charge in [-0.25, -0.2) is 4.98 Å². The Labute approximate surface area is 126 Å². The smallest absolute Gasteiger partial charge is 0.218 e. The van der Waals surface area contributed by atoms with Gasteiger partial charge in [-0.05, 0) is 12.5 Å². The van der Waals surface area contributed by atoms with Gasteiger partial charge in [0.1, 0.15) is 11.6 Å². The lowest BCUT2D eigenvalue weighted by Gasteiger charge is -2.19. The summed E-state index contributed by atoms with van der Waals surface area (Å²) in [5, 5.41) is 3.34. The lowest BCUT2D eigenvalue weighted by Crippen LogP contribution is -2.18. The van der Waals surface area contributed by atoms with Crippen LogP contribution in [0.2, 0.25) is 0 Å². The Balaban J connectivity index is 2.19. The first kappa shape index (κ1) is 15.3. The third-order valence-electron chi connectivity index (χ3n) is 2.98. The van der Waals surface area contributed by atoms with Crippen molar-refractivity contribution in [3.63, 3.8) is 0 Å². The Morgan fingerprint density at radius 1 is 1.10 bits per heavy atom. The summed E-state index contributed by atoms with van der Waals surface area (Å²) in [6, 6.07) is 12.1. The molecule has 0 aliphatic carbocycles. The van der Waals surface area contributed by atoms with E-state index in [0.717, 1.165) is 18.2 Å². The van der Waals surface area contributed by atoms with Crippen LogP contribution < -0.4 is 10.1 Å². The molecule has 1 aromatic carbocycles. The molecule has 0 aliphatic rings. The first-order valence-corrected chi connectivity index (χ1v) is 7.29. The van der Waals surface area contributed by atoms with Crippen molar-refractivity contribution in [3.05, 3.63) is 47.8 Å². The monoisotopic (exact) mass is 285 g/mol. The van der Waals surface area contributed by atoms with Gasteiger partial charge in [0.05, 0.1) is 6.61 Å². The standard InChI is InChI=1S/C17H23N3O/c1-5-21-15-11-14(19-16(20-15)17(2,3)4)18-12-13-9-7-6-8-10-13/h6-11H,5,12H2,1-4H3,(H,18,19,20). The first-order chi connectivity index (χ1) is 9.99. The third kappa shape index (κ3) is 4.45. The van der Waals surface area contributed by atoms with E-state index in [9.17, 15) is 0 Å². The van der Waals surface area contributed by atoms with Gasteiger partial charge in [0.15, 0.2) is 0 Å². The molecule has 0 spiro atoms. The Kier molecular flexibility index (Phi) is 4.78. The van der Waals surface area contributed by atoms with Crippen molar-refractivity contribution >= 4 is 5.82 Å². The molecular weight excluding hydrogens is 262 g/mol. The molecule has 4 nitrogen and oxygen atoms in total. The number of anilines is 1. The maximum atomic E-state index is 5.54. The van der Waals surface area contributed by atoms with Crippen molar-refractivity contribution in [2.24, 2.45) is 0 Å². The van der Waals surface area contributed by atoms with Crippen LogP contribution in [0.1, 0.15) is 39.1 Å². The minimum absolute atomic E-state index is 0.115. The number of hydrogen-bond donors (Lipinski definition) is 1. The summed E-state index contributed by atoms with van der Waals surface area (Å²) in [5.41, 5.74) is 1.10. The van der Waals surface area contributed by atoms with E-state index in [1.807, 2.05) is 31.2 Å². The number of nitrogens with zero attached hydrogens (tertiary/aromatic N) is 2. The van der Waals surface area contributed by atoms with Crippen molar-refractivity contribution in [1.29, 1.82) is 0 Å². The SMILES string of the molecule is CCOc1cc(NCc2ccccc2)nc(C(C)(C)C)n1. The van der Waals surface area contributed by atoms with Crippen molar-refractivity contribution in [3.8, 4) is 5.88 Å². The molecule has 0 bridgehead atoms. The van der Waals surface area contributed by atoms with Crippen molar-refractivity contribution in [2.45, 2.75) is 39.7 Å². The Morgan fingerprint density at radius 2 is 1.81 bits per heavy atom. The molecule has 0 saturated carbocycles. The highest BCUT2D eigenvalue weighted by molar-refractivity contribution is 5.40. The first-order valence-electron chi connectivity index (χ1n) is 7.29. The number of rotatable bonds is 5. The average Bonchev–Trinajstić information content (AvgIpc) is 2.45. The molecular formula is C17H23N3O. The van der Waals surface area contributed by atoms with E-state index in [1.54, 1.807) is 0 Å². The quantitative estimate of drug-likeness (QED) is 0.908. The Morgan fingerprint density at radius 3 is 2.43 bits per heavy atom. The second-order valence-corrected chi connectivity index (χ2v) is 5.94. The van der Waals surface area contributed by atoms with Crippen LogP contribution in [-0.2, 0) is 12.0 Å². The summed E-state index contributed by atoms with van der Waals surface area (Å²) in [5.74, 6) is 2.19. The van der Waals surface area contributed by atoms with E-state index >= 15 is 0 Å². The molecule has 21 heavy (non-hydrogen) atoms. The molecule has 0 amide bonds. The summed E-state index contributed by atoms with van der Waals surface area (Å²) in [6.07, 6.45) is 0. The molecule has 0 unspecified atom stereocenters. The van der Waals surface area contributed by atoms with E-state index in [0.29, 0.717) is 12.5 Å². The molecule has 0 fully saturated rings. The van der Waals surface area contributed by atoms with Crippen molar-refractivity contribution in [1.82, 2.24) is 9.97 Å². The van der Waals surface area contributed by atoms with E-state index < -0.39 is 0 Å². The summed E-state index contributed by atoms with van der Waals surface area (Å²) < 4.78 is 5.54. The van der Waals surface area contributed by atoms with E-state index in [2.05, 4.69) is 48.2 Å². The van der Waals surface area contributed by atoms with Crippen LogP contribution in [0.25, 0.3) is 0 Å². The molecule has 112 valence electrons. The minimum Gasteiger partial charge on any atom is -0.478 e. The summed E-state index contributed by atoms with van der Waals surface area (Å²) in [6.45, 7) is 9.57. The van der Waals surface area contributed by atoms with Crippen LogP contribution >= 0.6 is 0 Å². The fourth-order valence-corrected chi connectivity index (χ4v) is 1.86. The Hall–Kier alpha value is -2.10. The van der Waals surface area contributed by atoms with Gasteiger partial charge in [-0.15, -0.1) is 0 Å². The lowest BCUT2D eigenvalue weighted by atomic mass is 9.96. The maximum absolute atomic E-state index is 5.54. The largest absolute Gasteiger partial charge is 0.478 e. The number of ether oxygens (including phenoxy) is 1. The van der Waals surface area contributed by atoms with Gasteiger partial charge in [0.25, 0.3) is 0 Å². The van der Waals surface area contributed by atoms with Gasteiger partial charge in [-0.2, -0.15) is 4.98 Å². The molecule has 0 atom stereocenters. The van der Waals surface area contributed by atoms with Crippen LogP contribution in [-0.4, -0.2) is 16.6 Å². The second-order valence-electron chi connectivity index (χ2n) is 5.94. The van der Waals surface area contributed by atoms with Crippen LogP contribution in [0.5, 0.6) is 5.88 Å². The topological polar surface area (TPSA) is 47.0 Å².